The molecule has 29 heavy (non-hydrogen) atoms. The Morgan fingerprint density at radius 3 is 2.93 bits per heavy atom. The van der Waals surface area contributed by atoms with Gasteiger partial charge in [0.2, 0.25) is 0 Å². The fourth-order valence-electron chi connectivity index (χ4n) is 2.77. The molecule has 2 aliphatic heterocycles. The molecule has 156 valence electrons. The van der Waals surface area contributed by atoms with Crippen LogP contribution in [-0.2, 0) is 19.2 Å². The maximum absolute atomic E-state index is 12.8. The van der Waals surface area contributed by atoms with Crippen molar-refractivity contribution in [2.45, 2.75) is 37.6 Å². The highest BCUT2D eigenvalue weighted by Gasteiger charge is 2.50. The minimum absolute atomic E-state index is 0.0525. The molecule has 1 aromatic rings. The molecule has 4 N–H and O–H groups in total. The first kappa shape index (κ1) is 21.1. The number of fused-ring (bicyclic) bond motifs is 1. The highest BCUT2D eigenvalue weighted by molar-refractivity contribution is 8.00. The number of nitrogens with two attached hydrogens (primary N) is 1. The van der Waals surface area contributed by atoms with Crippen LogP contribution in [0.5, 0.6) is 0 Å². The van der Waals surface area contributed by atoms with E-state index in [0.717, 1.165) is 19.3 Å². The summed E-state index contributed by atoms with van der Waals surface area (Å²) >= 11 is 2.44. The summed E-state index contributed by atoms with van der Waals surface area (Å²) in [5.41, 5.74) is 6.02. The van der Waals surface area contributed by atoms with Crippen LogP contribution in [0.3, 0.4) is 0 Å². The molecule has 1 unspecified atom stereocenters. The van der Waals surface area contributed by atoms with Crippen LogP contribution in [0, 0.1) is 0 Å². The molecule has 2 aliphatic rings. The van der Waals surface area contributed by atoms with Crippen LogP contribution in [0.1, 0.15) is 31.9 Å². The van der Waals surface area contributed by atoms with Gasteiger partial charge in [-0.3, -0.25) is 9.59 Å². The van der Waals surface area contributed by atoms with E-state index in [1.807, 2.05) is 0 Å². The zero-order valence-electron chi connectivity index (χ0n) is 15.7. The standard InChI is InChI=1S/C17H21N5O5S2/c1-2-3-4-5-27-21-11(10-8-29-17(18)19-10)13(23)20-12-14(24)22-6-9(16(25)26)7-28-15(12)22/h6,8,12,15H,2-5,7H2,1H3,(H2,18,19)(H,20,23)(H,25,26)/t12?,15-/m1/s1. The number of oxime groups is 1. The minimum Gasteiger partial charge on any atom is -0.478 e. The number of rotatable bonds is 9. The number of anilines is 1. The molecule has 10 nitrogen and oxygen atoms in total. The molecule has 3 heterocycles. The Bertz CT molecular complexity index is 868. The molecule has 0 spiro atoms. The average molecular weight is 440 g/mol. The van der Waals surface area contributed by atoms with E-state index in [-0.39, 0.29) is 39.1 Å². The first-order chi connectivity index (χ1) is 13.9. The third-order valence-corrected chi connectivity index (χ3v) is 6.31. The van der Waals surface area contributed by atoms with Crippen molar-refractivity contribution in [2.75, 3.05) is 18.1 Å². The van der Waals surface area contributed by atoms with Crippen LogP contribution >= 0.6 is 23.1 Å². The van der Waals surface area contributed by atoms with Crippen molar-refractivity contribution in [2.24, 2.45) is 5.16 Å². The second-order valence-electron chi connectivity index (χ2n) is 6.41. The molecule has 2 amide bonds. The van der Waals surface area contributed by atoms with Crippen molar-refractivity contribution in [3.05, 3.63) is 22.8 Å². The van der Waals surface area contributed by atoms with Gasteiger partial charge >= 0.3 is 5.97 Å². The molecule has 3 rings (SSSR count). The Morgan fingerprint density at radius 2 is 2.28 bits per heavy atom. The number of amides is 2. The summed E-state index contributed by atoms with van der Waals surface area (Å²) in [5, 5.41) is 17.2. The van der Waals surface area contributed by atoms with Crippen LogP contribution in [-0.4, -0.2) is 62.3 Å². The number of carboxylic acid groups (broad SMARTS) is 1. The van der Waals surface area contributed by atoms with Crippen LogP contribution in [0.25, 0.3) is 0 Å². The predicted molar refractivity (Wildman–Crippen MR) is 109 cm³/mol. The number of unbranched alkanes of at least 4 members (excludes halogenated alkanes) is 2. The van der Waals surface area contributed by atoms with Gasteiger partial charge in [-0.05, 0) is 6.42 Å². The third-order valence-electron chi connectivity index (χ3n) is 4.32. The number of thiazole rings is 1. The van der Waals surface area contributed by atoms with E-state index >= 15 is 0 Å². The molecule has 0 bridgehead atoms. The predicted octanol–water partition coefficient (Wildman–Crippen LogP) is 1.00. The maximum atomic E-state index is 12.8. The monoisotopic (exact) mass is 439 g/mol. The number of aliphatic carboxylic acids is 1. The number of β-lactam (4-membered cyclic amide) rings is 1. The normalized spacial score (nSPS) is 21.1. The molecule has 12 heteroatoms. The molecule has 1 saturated heterocycles. The van der Waals surface area contributed by atoms with Crippen molar-refractivity contribution < 1.29 is 24.3 Å². The lowest BCUT2D eigenvalue weighted by Crippen LogP contribution is -2.69. The van der Waals surface area contributed by atoms with Crippen molar-refractivity contribution in [1.82, 2.24) is 15.2 Å². The van der Waals surface area contributed by atoms with Gasteiger partial charge in [-0.1, -0.05) is 24.9 Å². The Hall–Kier alpha value is -2.60. The van der Waals surface area contributed by atoms with Gasteiger partial charge in [0.1, 0.15) is 23.7 Å². The van der Waals surface area contributed by atoms with Crippen molar-refractivity contribution in [3.8, 4) is 0 Å². The SMILES string of the molecule is CCCCCON=C(C(=O)NC1C(=O)N2C=C(C(=O)O)CS[C@H]12)c1csc(N)n1. The number of nitrogens with one attached hydrogen (secondary N) is 1. The number of carbonyl (C=O) groups is 3. The Labute approximate surface area is 175 Å². The highest BCUT2D eigenvalue weighted by atomic mass is 32.2. The van der Waals surface area contributed by atoms with Crippen molar-refractivity contribution >= 4 is 51.7 Å². The third kappa shape index (κ3) is 4.70. The quantitative estimate of drug-likeness (QED) is 0.223. The molecule has 1 aromatic heterocycles. The summed E-state index contributed by atoms with van der Waals surface area (Å²) < 4.78 is 0. The summed E-state index contributed by atoms with van der Waals surface area (Å²) in [6, 6.07) is -0.777. The first-order valence-electron chi connectivity index (χ1n) is 9.02. The number of aromatic nitrogens is 1. The van der Waals surface area contributed by atoms with Crippen LogP contribution in [0.2, 0.25) is 0 Å². The summed E-state index contributed by atoms with van der Waals surface area (Å²) in [5.74, 6) is -1.79. The molecular weight excluding hydrogens is 418 g/mol. The lowest BCUT2D eigenvalue weighted by molar-refractivity contribution is -0.144. The number of hydrogen-bond acceptors (Lipinski definition) is 9. The zero-order chi connectivity index (χ0) is 21.0. The summed E-state index contributed by atoms with van der Waals surface area (Å²) in [6.45, 7) is 2.43. The summed E-state index contributed by atoms with van der Waals surface area (Å²) in [6.07, 6.45) is 4.14. The van der Waals surface area contributed by atoms with Gasteiger partial charge in [-0.2, -0.15) is 0 Å². The molecule has 0 radical (unpaired) electrons. The second kappa shape index (κ2) is 9.27. The number of nitrogens with zero attached hydrogens (tertiary/aromatic N) is 3. The van der Waals surface area contributed by atoms with E-state index in [0.29, 0.717) is 6.61 Å². The molecule has 0 saturated carbocycles. The van der Waals surface area contributed by atoms with Crippen molar-refractivity contribution in [3.63, 3.8) is 0 Å². The average Bonchev–Trinajstić information content (AvgIpc) is 3.13. The van der Waals surface area contributed by atoms with Gasteiger partial charge in [-0.15, -0.1) is 23.1 Å². The van der Waals surface area contributed by atoms with E-state index in [1.165, 1.54) is 34.2 Å². The van der Waals surface area contributed by atoms with E-state index in [1.54, 1.807) is 5.38 Å². The Kier molecular flexibility index (Phi) is 6.75. The fourth-order valence-corrected chi connectivity index (χ4v) is 4.57. The highest BCUT2D eigenvalue weighted by Crippen LogP contribution is 2.36. The Balaban J connectivity index is 1.68. The summed E-state index contributed by atoms with van der Waals surface area (Å²) in [4.78, 5) is 46.9. The van der Waals surface area contributed by atoms with E-state index in [2.05, 4.69) is 22.4 Å². The van der Waals surface area contributed by atoms with Crippen LogP contribution in [0.15, 0.2) is 22.3 Å². The minimum atomic E-state index is -1.06. The lowest BCUT2D eigenvalue weighted by Gasteiger charge is -2.46. The molecule has 0 aromatic carbocycles. The van der Waals surface area contributed by atoms with E-state index < -0.39 is 17.9 Å². The van der Waals surface area contributed by atoms with Gasteiger partial charge in [0.05, 0.1) is 5.57 Å². The maximum Gasteiger partial charge on any atom is 0.333 e. The molecule has 1 fully saturated rings. The first-order valence-corrected chi connectivity index (χ1v) is 10.9. The van der Waals surface area contributed by atoms with Gasteiger partial charge in [0.25, 0.3) is 11.8 Å². The zero-order valence-corrected chi connectivity index (χ0v) is 17.3. The van der Waals surface area contributed by atoms with Gasteiger partial charge in [0.15, 0.2) is 10.8 Å². The number of nitrogen functional groups attached to an aromatic ring is 1. The van der Waals surface area contributed by atoms with E-state index in [9.17, 15) is 14.4 Å². The van der Waals surface area contributed by atoms with Gasteiger partial charge < -0.3 is 25.9 Å². The summed E-state index contributed by atoms with van der Waals surface area (Å²) in [7, 11) is 0. The van der Waals surface area contributed by atoms with Crippen molar-refractivity contribution in [1.29, 1.82) is 0 Å². The Morgan fingerprint density at radius 1 is 1.48 bits per heavy atom. The van der Waals surface area contributed by atoms with Gasteiger partial charge in [0, 0.05) is 17.3 Å². The van der Waals surface area contributed by atoms with Crippen LogP contribution in [0.4, 0.5) is 5.13 Å². The fraction of sp³-hybridized carbons (Fsp3) is 0.471. The number of carboxylic acids is 1. The number of thioether (sulfide) groups is 1. The van der Waals surface area contributed by atoms with Gasteiger partial charge in [-0.25, -0.2) is 9.78 Å². The molecular formula is C17H21N5O5S2. The second-order valence-corrected chi connectivity index (χ2v) is 8.40. The number of hydrogen-bond donors (Lipinski definition) is 3. The smallest absolute Gasteiger partial charge is 0.333 e. The topological polar surface area (TPSA) is 147 Å². The molecule has 2 atom stereocenters. The number of carbonyl (C=O) groups excluding carboxylic acids is 2. The largest absolute Gasteiger partial charge is 0.478 e. The lowest BCUT2D eigenvalue weighted by atomic mass is 10.1. The van der Waals surface area contributed by atoms with E-state index in [4.69, 9.17) is 15.7 Å². The van der Waals surface area contributed by atoms with Crippen LogP contribution < -0.4 is 11.1 Å². The molecule has 0 aliphatic carbocycles.